The normalized spacial score (nSPS) is 13.8. The molecule has 142 valence electrons. The number of rotatable bonds is 2. The number of para-hydroxylation sites is 1. The van der Waals surface area contributed by atoms with E-state index in [2.05, 4.69) is 4.98 Å². The van der Waals surface area contributed by atoms with E-state index in [0.717, 1.165) is 6.07 Å². The van der Waals surface area contributed by atoms with Gasteiger partial charge in [-0.15, -0.1) is 0 Å². The standard InChI is InChI=1S/C18H10ClF6NO/c19-13-7-2-1-4-10(13)16(27)11-8-14(18(23,24)25)26-15-9(11)5-3-6-12(15)17(20,21)22/h1-8,16,27H. The second-order valence-electron chi connectivity index (χ2n) is 5.72. The zero-order chi connectivity index (χ0) is 20.0. The average Bonchev–Trinajstić information content (AvgIpc) is 2.58. The van der Waals surface area contributed by atoms with Gasteiger partial charge in [0.2, 0.25) is 0 Å². The molecule has 0 amide bonds. The Labute approximate surface area is 154 Å². The van der Waals surface area contributed by atoms with Gasteiger partial charge in [0, 0.05) is 16.0 Å². The van der Waals surface area contributed by atoms with E-state index in [9.17, 15) is 31.4 Å². The van der Waals surface area contributed by atoms with Gasteiger partial charge in [-0.1, -0.05) is 41.9 Å². The van der Waals surface area contributed by atoms with Crippen LogP contribution in [0.25, 0.3) is 10.9 Å². The first-order valence-corrected chi connectivity index (χ1v) is 7.88. The highest BCUT2D eigenvalue weighted by Crippen LogP contribution is 2.40. The molecule has 0 fully saturated rings. The number of fused-ring (bicyclic) bond motifs is 1. The van der Waals surface area contributed by atoms with E-state index < -0.39 is 35.2 Å². The summed E-state index contributed by atoms with van der Waals surface area (Å²) < 4.78 is 79.4. The van der Waals surface area contributed by atoms with E-state index >= 15 is 0 Å². The van der Waals surface area contributed by atoms with Crippen LogP contribution in [0.5, 0.6) is 0 Å². The number of aliphatic hydroxyl groups is 1. The Bertz CT molecular complexity index is 999. The van der Waals surface area contributed by atoms with Gasteiger partial charge in [-0.05, 0) is 23.8 Å². The van der Waals surface area contributed by atoms with Gasteiger partial charge in [0.25, 0.3) is 0 Å². The third kappa shape index (κ3) is 3.72. The summed E-state index contributed by atoms with van der Waals surface area (Å²) in [7, 11) is 0. The van der Waals surface area contributed by atoms with Gasteiger partial charge < -0.3 is 5.11 Å². The first-order valence-electron chi connectivity index (χ1n) is 7.50. The van der Waals surface area contributed by atoms with Crippen LogP contribution in [0, 0.1) is 0 Å². The van der Waals surface area contributed by atoms with E-state index in [4.69, 9.17) is 11.6 Å². The Kier molecular flexibility index (Phi) is 4.81. The molecule has 3 aromatic rings. The predicted molar refractivity (Wildman–Crippen MR) is 87.3 cm³/mol. The number of alkyl halides is 6. The van der Waals surface area contributed by atoms with Gasteiger partial charge in [0.15, 0.2) is 0 Å². The van der Waals surface area contributed by atoms with Gasteiger partial charge in [0.1, 0.15) is 11.8 Å². The van der Waals surface area contributed by atoms with Crippen LogP contribution in [0.3, 0.4) is 0 Å². The average molecular weight is 406 g/mol. The number of nitrogens with zero attached hydrogens (tertiary/aromatic N) is 1. The van der Waals surface area contributed by atoms with Crippen molar-refractivity contribution in [1.82, 2.24) is 4.98 Å². The third-order valence-electron chi connectivity index (χ3n) is 3.96. The van der Waals surface area contributed by atoms with Crippen LogP contribution < -0.4 is 0 Å². The summed E-state index contributed by atoms with van der Waals surface area (Å²) in [5.74, 6) is 0. The predicted octanol–water partition coefficient (Wildman–Crippen LogP) is 6.01. The fraction of sp³-hybridized carbons (Fsp3) is 0.167. The van der Waals surface area contributed by atoms with Gasteiger partial charge in [0.05, 0.1) is 11.1 Å². The lowest BCUT2D eigenvalue weighted by molar-refractivity contribution is -0.142. The van der Waals surface area contributed by atoms with E-state index in [1.165, 1.54) is 24.3 Å². The molecule has 27 heavy (non-hydrogen) atoms. The number of aliphatic hydroxyl groups excluding tert-OH is 1. The quantitative estimate of drug-likeness (QED) is 0.530. The van der Waals surface area contributed by atoms with Crippen LogP contribution in [0.15, 0.2) is 48.5 Å². The molecule has 9 heteroatoms. The second kappa shape index (κ2) is 6.69. The zero-order valence-electron chi connectivity index (χ0n) is 13.2. The van der Waals surface area contributed by atoms with E-state index in [1.54, 1.807) is 6.07 Å². The summed E-state index contributed by atoms with van der Waals surface area (Å²) in [5, 5.41) is 10.4. The van der Waals surface area contributed by atoms with Gasteiger partial charge in [-0.3, -0.25) is 0 Å². The van der Waals surface area contributed by atoms with Crippen LogP contribution in [-0.4, -0.2) is 10.1 Å². The monoisotopic (exact) mass is 405 g/mol. The maximum Gasteiger partial charge on any atom is 0.433 e. The van der Waals surface area contributed by atoms with Crippen molar-refractivity contribution in [1.29, 1.82) is 0 Å². The van der Waals surface area contributed by atoms with Crippen molar-refractivity contribution in [2.24, 2.45) is 0 Å². The smallest absolute Gasteiger partial charge is 0.384 e. The highest BCUT2D eigenvalue weighted by molar-refractivity contribution is 6.31. The molecule has 1 unspecified atom stereocenters. The maximum atomic E-state index is 13.3. The summed E-state index contributed by atoms with van der Waals surface area (Å²) >= 11 is 5.98. The molecular weight excluding hydrogens is 396 g/mol. The molecule has 3 rings (SSSR count). The fourth-order valence-corrected chi connectivity index (χ4v) is 2.98. The number of aromatic nitrogens is 1. The van der Waals surface area contributed by atoms with Gasteiger partial charge in [-0.2, -0.15) is 26.3 Å². The lowest BCUT2D eigenvalue weighted by Crippen LogP contribution is -2.14. The molecule has 1 heterocycles. The molecule has 1 aromatic heterocycles. The van der Waals surface area contributed by atoms with Crippen molar-refractivity contribution in [3.05, 3.63) is 75.9 Å². The number of benzene rings is 2. The molecule has 1 N–H and O–H groups in total. The van der Waals surface area contributed by atoms with Crippen molar-refractivity contribution >= 4 is 22.5 Å². The lowest BCUT2D eigenvalue weighted by atomic mass is 9.95. The van der Waals surface area contributed by atoms with Crippen LogP contribution in [0.2, 0.25) is 5.02 Å². The fourth-order valence-electron chi connectivity index (χ4n) is 2.74. The Morgan fingerprint density at radius 2 is 1.52 bits per heavy atom. The largest absolute Gasteiger partial charge is 0.433 e. The van der Waals surface area contributed by atoms with Crippen LogP contribution in [-0.2, 0) is 12.4 Å². The molecular formula is C18H10ClF6NO. The zero-order valence-corrected chi connectivity index (χ0v) is 14.0. The van der Waals surface area contributed by atoms with E-state index in [0.29, 0.717) is 12.1 Å². The van der Waals surface area contributed by atoms with Crippen molar-refractivity contribution < 1.29 is 31.4 Å². The number of halogens is 7. The third-order valence-corrected chi connectivity index (χ3v) is 4.31. The first-order chi connectivity index (χ1) is 12.5. The van der Waals surface area contributed by atoms with Crippen molar-refractivity contribution in [3.8, 4) is 0 Å². The van der Waals surface area contributed by atoms with Crippen molar-refractivity contribution in [2.45, 2.75) is 18.5 Å². The van der Waals surface area contributed by atoms with E-state index in [-0.39, 0.29) is 21.5 Å². The summed E-state index contributed by atoms with van der Waals surface area (Å²) in [6.07, 6.45) is -11.6. The molecule has 0 saturated heterocycles. The Morgan fingerprint density at radius 3 is 2.11 bits per heavy atom. The second-order valence-corrected chi connectivity index (χ2v) is 6.13. The molecule has 2 nitrogen and oxygen atoms in total. The molecule has 0 aliphatic rings. The van der Waals surface area contributed by atoms with Gasteiger partial charge in [-0.25, -0.2) is 4.98 Å². The number of pyridine rings is 1. The molecule has 2 aromatic carbocycles. The highest BCUT2D eigenvalue weighted by Gasteiger charge is 2.38. The molecule has 0 aliphatic carbocycles. The lowest BCUT2D eigenvalue weighted by Gasteiger charge is -2.19. The topological polar surface area (TPSA) is 33.1 Å². The van der Waals surface area contributed by atoms with Crippen LogP contribution >= 0.6 is 11.6 Å². The van der Waals surface area contributed by atoms with Crippen molar-refractivity contribution in [2.75, 3.05) is 0 Å². The molecule has 0 aliphatic heterocycles. The SMILES string of the molecule is OC(c1ccccc1Cl)c1cc(C(F)(F)F)nc2c(C(F)(F)F)cccc12. The summed E-state index contributed by atoms with van der Waals surface area (Å²) in [5.41, 5.74) is -4.05. The Balaban J connectivity index is 2.36. The number of hydrogen-bond acceptors (Lipinski definition) is 2. The maximum absolute atomic E-state index is 13.3. The summed E-state index contributed by atoms with van der Waals surface area (Å²) in [6, 6.07) is 9.23. The minimum absolute atomic E-state index is 0.0653. The molecule has 1 atom stereocenters. The Morgan fingerprint density at radius 1 is 0.852 bits per heavy atom. The minimum atomic E-state index is -5.00. The Hall–Kier alpha value is -2.32. The van der Waals surface area contributed by atoms with Crippen molar-refractivity contribution in [3.63, 3.8) is 0 Å². The molecule has 0 radical (unpaired) electrons. The highest BCUT2D eigenvalue weighted by atomic mass is 35.5. The summed E-state index contributed by atoms with van der Waals surface area (Å²) in [4.78, 5) is 3.18. The molecule has 0 saturated carbocycles. The minimum Gasteiger partial charge on any atom is -0.384 e. The van der Waals surface area contributed by atoms with E-state index in [1.807, 2.05) is 0 Å². The van der Waals surface area contributed by atoms with Gasteiger partial charge >= 0.3 is 12.4 Å². The van der Waals surface area contributed by atoms with Crippen LogP contribution in [0.4, 0.5) is 26.3 Å². The first kappa shape index (κ1) is 19.4. The molecule has 0 bridgehead atoms. The molecule has 0 spiro atoms. The summed E-state index contributed by atoms with van der Waals surface area (Å²) in [6.45, 7) is 0. The number of hydrogen-bond donors (Lipinski definition) is 1. The van der Waals surface area contributed by atoms with Crippen LogP contribution in [0.1, 0.15) is 28.5 Å².